The zero-order valence-electron chi connectivity index (χ0n) is 8.01. The van der Waals surface area contributed by atoms with Crippen molar-refractivity contribution in [3.05, 3.63) is 0 Å². The Bertz CT molecular complexity index is 155. The minimum atomic E-state index is -1.04. The predicted octanol–water partition coefficient (Wildman–Crippen LogP) is 0.522. The van der Waals surface area contributed by atoms with E-state index in [1.54, 1.807) is 14.2 Å². The van der Waals surface area contributed by atoms with E-state index in [-0.39, 0.29) is 0 Å². The van der Waals surface area contributed by atoms with Crippen molar-refractivity contribution >= 4 is 17.5 Å². The maximum Gasteiger partial charge on any atom is 0.238 e. The molecule has 0 aliphatic heterocycles. The van der Waals surface area contributed by atoms with Crippen LogP contribution in [0.15, 0.2) is 0 Å². The topological polar surface area (TPSA) is 61.6 Å². The average Bonchev–Trinajstić information content (AvgIpc) is 2.11. The maximum absolute atomic E-state index is 11.0. The van der Waals surface area contributed by atoms with Gasteiger partial charge in [-0.1, -0.05) is 0 Å². The Morgan fingerprint density at radius 1 is 1.31 bits per heavy atom. The third-order valence-corrected chi connectivity index (χ3v) is 2.41. The number of rotatable bonds is 7. The first-order valence-corrected chi connectivity index (χ1v) is 4.41. The summed E-state index contributed by atoms with van der Waals surface area (Å²) < 4.78 is 9.67. The number of amides is 1. The van der Waals surface area contributed by atoms with Gasteiger partial charge in [-0.2, -0.15) is 0 Å². The molecular formula is C8H16ClNO3. The zero-order chi connectivity index (χ0) is 10.3. The molecule has 0 aromatic carbocycles. The molecule has 1 amide bonds. The van der Waals surface area contributed by atoms with Gasteiger partial charge in [0.15, 0.2) is 0 Å². The molecule has 5 heteroatoms. The van der Waals surface area contributed by atoms with Gasteiger partial charge in [0.25, 0.3) is 0 Å². The highest BCUT2D eigenvalue weighted by atomic mass is 35.5. The molecule has 0 heterocycles. The van der Waals surface area contributed by atoms with E-state index in [1.165, 1.54) is 0 Å². The number of methoxy groups -OCH3 is 2. The van der Waals surface area contributed by atoms with Gasteiger partial charge in [0, 0.05) is 27.4 Å². The Balaban J connectivity index is 4.08. The van der Waals surface area contributed by atoms with Crippen molar-refractivity contribution in [2.75, 3.05) is 27.4 Å². The van der Waals surface area contributed by atoms with E-state index < -0.39 is 10.8 Å². The molecule has 2 N–H and O–H groups in total. The molecule has 0 atom stereocenters. The second-order valence-corrected chi connectivity index (χ2v) is 3.54. The van der Waals surface area contributed by atoms with Gasteiger partial charge >= 0.3 is 0 Å². The number of nitrogens with two attached hydrogens (primary N) is 1. The highest BCUT2D eigenvalue weighted by Gasteiger charge is 2.33. The molecule has 78 valence electrons. The van der Waals surface area contributed by atoms with E-state index in [9.17, 15) is 4.79 Å². The van der Waals surface area contributed by atoms with Gasteiger partial charge in [-0.05, 0) is 12.8 Å². The van der Waals surface area contributed by atoms with E-state index >= 15 is 0 Å². The largest absolute Gasteiger partial charge is 0.385 e. The SMILES string of the molecule is COCCC(Cl)(CCOC)C(N)=O. The molecule has 0 radical (unpaired) electrons. The third-order valence-electron chi connectivity index (χ3n) is 1.85. The minimum absolute atomic E-state index is 0.406. The molecule has 0 bridgehead atoms. The van der Waals surface area contributed by atoms with Crippen LogP contribution in [-0.4, -0.2) is 38.2 Å². The summed E-state index contributed by atoms with van der Waals surface area (Å²) in [4.78, 5) is 9.98. The van der Waals surface area contributed by atoms with Gasteiger partial charge in [0.05, 0.1) is 0 Å². The van der Waals surface area contributed by atoms with Crippen LogP contribution in [0.2, 0.25) is 0 Å². The first-order valence-electron chi connectivity index (χ1n) is 4.03. The van der Waals surface area contributed by atoms with Crippen molar-refractivity contribution in [1.82, 2.24) is 0 Å². The van der Waals surface area contributed by atoms with Gasteiger partial charge in [0.2, 0.25) is 5.91 Å². The van der Waals surface area contributed by atoms with Crippen LogP contribution in [-0.2, 0) is 14.3 Å². The summed E-state index contributed by atoms with van der Waals surface area (Å²) in [5.41, 5.74) is 5.17. The van der Waals surface area contributed by atoms with Crippen molar-refractivity contribution in [2.45, 2.75) is 17.7 Å². The molecule has 0 fully saturated rings. The number of carbonyl (C=O) groups is 1. The Hall–Kier alpha value is -0.320. The van der Waals surface area contributed by atoms with Crippen LogP contribution in [0.25, 0.3) is 0 Å². The third kappa shape index (κ3) is 4.45. The highest BCUT2D eigenvalue weighted by Crippen LogP contribution is 2.23. The molecule has 0 saturated heterocycles. The van der Waals surface area contributed by atoms with E-state index in [2.05, 4.69) is 0 Å². The van der Waals surface area contributed by atoms with Crippen LogP contribution < -0.4 is 5.73 Å². The van der Waals surface area contributed by atoms with Crippen molar-refractivity contribution in [2.24, 2.45) is 5.73 Å². The number of hydrogen-bond acceptors (Lipinski definition) is 3. The first-order chi connectivity index (χ1) is 6.06. The summed E-state index contributed by atoms with van der Waals surface area (Å²) in [5.74, 6) is -0.525. The van der Waals surface area contributed by atoms with Crippen LogP contribution in [0.5, 0.6) is 0 Å². The Morgan fingerprint density at radius 2 is 1.69 bits per heavy atom. The van der Waals surface area contributed by atoms with E-state index in [4.69, 9.17) is 26.8 Å². The first kappa shape index (κ1) is 12.7. The monoisotopic (exact) mass is 209 g/mol. The molecule has 0 aliphatic carbocycles. The second kappa shape index (κ2) is 6.18. The lowest BCUT2D eigenvalue weighted by Gasteiger charge is -2.22. The Kier molecular flexibility index (Phi) is 6.03. The summed E-state index contributed by atoms with van der Waals surface area (Å²) >= 11 is 6.00. The van der Waals surface area contributed by atoms with Gasteiger partial charge in [-0.3, -0.25) is 4.79 Å². The van der Waals surface area contributed by atoms with E-state index in [0.717, 1.165) is 0 Å². The maximum atomic E-state index is 11.0. The zero-order valence-corrected chi connectivity index (χ0v) is 8.76. The van der Waals surface area contributed by atoms with Crippen LogP contribution in [0.3, 0.4) is 0 Å². The number of halogens is 1. The molecule has 0 saturated carbocycles. The van der Waals surface area contributed by atoms with Crippen molar-refractivity contribution in [1.29, 1.82) is 0 Å². The lowest BCUT2D eigenvalue weighted by atomic mass is 10.0. The number of hydrogen-bond donors (Lipinski definition) is 1. The van der Waals surface area contributed by atoms with Crippen LogP contribution >= 0.6 is 11.6 Å². The quantitative estimate of drug-likeness (QED) is 0.622. The summed E-state index contributed by atoms with van der Waals surface area (Å²) in [5, 5.41) is 0. The summed E-state index contributed by atoms with van der Waals surface area (Å²) in [6.45, 7) is 0.826. The fourth-order valence-electron chi connectivity index (χ4n) is 0.899. The van der Waals surface area contributed by atoms with Crippen molar-refractivity contribution in [3.63, 3.8) is 0 Å². The molecule has 4 nitrogen and oxygen atoms in total. The number of alkyl halides is 1. The minimum Gasteiger partial charge on any atom is -0.385 e. The number of carbonyl (C=O) groups excluding carboxylic acids is 1. The molecule has 13 heavy (non-hydrogen) atoms. The van der Waals surface area contributed by atoms with Crippen LogP contribution in [0.4, 0.5) is 0 Å². The van der Waals surface area contributed by atoms with Crippen LogP contribution in [0.1, 0.15) is 12.8 Å². The molecule has 0 aromatic rings. The summed E-state index contributed by atoms with van der Waals surface area (Å²) in [7, 11) is 3.10. The predicted molar refractivity (Wildman–Crippen MR) is 50.8 cm³/mol. The van der Waals surface area contributed by atoms with Gasteiger partial charge < -0.3 is 15.2 Å². The lowest BCUT2D eigenvalue weighted by Crippen LogP contribution is -2.40. The molecule has 0 aliphatic rings. The fraction of sp³-hybridized carbons (Fsp3) is 0.875. The summed E-state index contributed by atoms with van der Waals surface area (Å²) in [6.07, 6.45) is 0.813. The molecular weight excluding hydrogens is 194 g/mol. The number of ether oxygens (including phenoxy) is 2. The fourth-order valence-corrected chi connectivity index (χ4v) is 1.05. The van der Waals surface area contributed by atoms with Gasteiger partial charge in [0.1, 0.15) is 4.87 Å². The van der Waals surface area contributed by atoms with Crippen molar-refractivity contribution < 1.29 is 14.3 Å². The van der Waals surface area contributed by atoms with Gasteiger partial charge in [-0.15, -0.1) is 11.6 Å². The lowest BCUT2D eigenvalue weighted by molar-refractivity contribution is -0.121. The standard InChI is InChI=1S/C8H16ClNO3/c1-12-5-3-8(9,7(10)11)4-6-13-2/h3-6H2,1-2H3,(H2,10,11). The molecule has 0 unspecified atom stereocenters. The van der Waals surface area contributed by atoms with Crippen molar-refractivity contribution in [3.8, 4) is 0 Å². The summed E-state index contributed by atoms with van der Waals surface area (Å²) in [6, 6.07) is 0. The Morgan fingerprint density at radius 3 is 1.92 bits per heavy atom. The van der Waals surface area contributed by atoms with E-state index in [0.29, 0.717) is 26.1 Å². The molecule has 0 spiro atoms. The second-order valence-electron chi connectivity index (χ2n) is 2.82. The smallest absolute Gasteiger partial charge is 0.238 e. The van der Waals surface area contributed by atoms with Crippen LogP contribution in [0, 0.1) is 0 Å². The van der Waals surface area contributed by atoms with Gasteiger partial charge in [-0.25, -0.2) is 0 Å². The average molecular weight is 210 g/mol. The molecule has 0 aromatic heterocycles. The highest BCUT2D eigenvalue weighted by molar-refractivity contribution is 6.34. The molecule has 0 rings (SSSR count). The number of primary amides is 1. The Labute approximate surface area is 83.3 Å². The normalized spacial score (nSPS) is 11.6. The van der Waals surface area contributed by atoms with E-state index in [1.807, 2.05) is 0 Å².